The van der Waals surface area contributed by atoms with Crippen molar-refractivity contribution in [2.24, 2.45) is 0 Å². The van der Waals surface area contributed by atoms with Gasteiger partial charge in [-0.1, -0.05) is 0 Å². The van der Waals surface area contributed by atoms with Crippen LogP contribution in [0.1, 0.15) is 12.5 Å². The summed E-state index contributed by atoms with van der Waals surface area (Å²) in [6.45, 7) is 1.69. The van der Waals surface area contributed by atoms with E-state index in [2.05, 4.69) is 10.3 Å². The number of hydrogen-bond donors (Lipinski definition) is 1. The molecule has 1 fully saturated rings. The number of fused-ring (bicyclic) bond motifs is 1. The second kappa shape index (κ2) is 5.68. The van der Waals surface area contributed by atoms with Crippen molar-refractivity contribution in [2.45, 2.75) is 22.3 Å². The number of sulfone groups is 1. The molecule has 0 radical (unpaired) electrons. The normalized spacial score (nSPS) is 18.3. The van der Waals surface area contributed by atoms with Crippen molar-refractivity contribution in [2.75, 3.05) is 13.1 Å². The average molecular weight is 345 g/mol. The molecule has 1 saturated heterocycles. The fraction of sp³-hybridized carbons (Fsp3) is 0.235. The summed E-state index contributed by atoms with van der Waals surface area (Å²) in [6, 6.07) is 8.57. The van der Waals surface area contributed by atoms with Crippen LogP contribution in [-0.2, 0) is 9.84 Å². The van der Waals surface area contributed by atoms with Gasteiger partial charge in [0, 0.05) is 30.4 Å². The summed E-state index contributed by atoms with van der Waals surface area (Å²) < 4.78 is 41.1. The highest BCUT2D eigenvalue weighted by molar-refractivity contribution is 7.91. The van der Waals surface area contributed by atoms with E-state index in [-0.39, 0.29) is 15.8 Å². The molecule has 3 heterocycles. The largest absolute Gasteiger partial charge is 0.327 e. The number of halogens is 1. The first-order valence-corrected chi connectivity index (χ1v) is 9.22. The predicted octanol–water partition coefficient (Wildman–Crippen LogP) is 2.54. The van der Waals surface area contributed by atoms with Crippen LogP contribution in [0.25, 0.3) is 11.0 Å². The van der Waals surface area contributed by atoms with Crippen LogP contribution < -0.4 is 5.32 Å². The first-order valence-electron chi connectivity index (χ1n) is 7.74. The van der Waals surface area contributed by atoms with E-state index < -0.39 is 15.7 Å². The fourth-order valence-electron chi connectivity index (χ4n) is 3.16. The summed E-state index contributed by atoms with van der Waals surface area (Å²) in [5, 5.41) is 3.87. The Balaban J connectivity index is 1.91. The highest BCUT2D eigenvalue weighted by Gasteiger charge is 2.27. The minimum absolute atomic E-state index is 0.0800. The molecule has 124 valence electrons. The third-order valence-corrected chi connectivity index (χ3v) is 6.19. The lowest BCUT2D eigenvalue weighted by atomic mass is 10.2. The smallest absolute Gasteiger partial charge is 0.208 e. The SMILES string of the molecule is O=S(=O)(c1ccc(F)cc1)c1cn(C2CCNC2)c2ncccc12. The van der Waals surface area contributed by atoms with Gasteiger partial charge in [-0.25, -0.2) is 17.8 Å². The van der Waals surface area contributed by atoms with E-state index >= 15 is 0 Å². The first kappa shape index (κ1) is 15.3. The molecule has 1 aromatic carbocycles. The second-order valence-electron chi connectivity index (χ2n) is 5.88. The molecule has 24 heavy (non-hydrogen) atoms. The summed E-state index contributed by atoms with van der Waals surface area (Å²) in [4.78, 5) is 4.67. The van der Waals surface area contributed by atoms with Gasteiger partial charge >= 0.3 is 0 Å². The van der Waals surface area contributed by atoms with Crippen molar-refractivity contribution in [1.82, 2.24) is 14.9 Å². The van der Waals surface area contributed by atoms with Crippen molar-refractivity contribution in [3.05, 3.63) is 54.6 Å². The summed E-state index contributed by atoms with van der Waals surface area (Å²) in [5.74, 6) is -0.463. The van der Waals surface area contributed by atoms with E-state index in [0.29, 0.717) is 11.0 Å². The van der Waals surface area contributed by atoms with Gasteiger partial charge in [-0.2, -0.15) is 0 Å². The number of aromatic nitrogens is 2. The minimum Gasteiger partial charge on any atom is -0.327 e. The van der Waals surface area contributed by atoms with Crippen LogP contribution in [0, 0.1) is 5.82 Å². The molecule has 0 aliphatic carbocycles. The van der Waals surface area contributed by atoms with E-state index in [0.717, 1.165) is 31.6 Å². The average Bonchev–Trinajstić information content (AvgIpc) is 3.23. The number of nitrogens with zero attached hydrogens (tertiary/aromatic N) is 2. The van der Waals surface area contributed by atoms with Crippen LogP contribution in [0.3, 0.4) is 0 Å². The standard InChI is InChI=1S/C17H16FN3O2S/c18-12-3-5-14(6-4-12)24(22,23)16-11-21(13-7-9-19-10-13)17-15(16)2-1-8-20-17/h1-6,8,11,13,19H,7,9-10H2. The van der Waals surface area contributed by atoms with Gasteiger partial charge in [0.1, 0.15) is 11.5 Å². The Labute approximate surface area is 139 Å². The molecule has 3 aromatic rings. The molecule has 1 atom stereocenters. The summed E-state index contributed by atoms with van der Waals surface area (Å²) in [7, 11) is -3.74. The maximum atomic E-state index is 13.1. The van der Waals surface area contributed by atoms with Gasteiger partial charge in [0.2, 0.25) is 9.84 Å². The number of pyridine rings is 1. The summed E-state index contributed by atoms with van der Waals surface area (Å²) >= 11 is 0. The molecule has 4 rings (SSSR count). The van der Waals surface area contributed by atoms with Gasteiger partial charge in [-0.3, -0.25) is 0 Å². The first-order chi connectivity index (χ1) is 11.6. The van der Waals surface area contributed by atoms with Crippen molar-refractivity contribution >= 4 is 20.9 Å². The van der Waals surface area contributed by atoms with Crippen molar-refractivity contribution in [3.8, 4) is 0 Å². The molecule has 1 aliphatic rings. The van der Waals surface area contributed by atoms with E-state index in [1.807, 2.05) is 4.57 Å². The van der Waals surface area contributed by atoms with Crippen LogP contribution in [0.4, 0.5) is 4.39 Å². The third kappa shape index (κ3) is 2.40. The van der Waals surface area contributed by atoms with Crippen molar-refractivity contribution < 1.29 is 12.8 Å². The number of hydrogen-bond acceptors (Lipinski definition) is 4. The Hall–Kier alpha value is -2.25. The lowest BCUT2D eigenvalue weighted by molar-refractivity contribution is 0.557. The van der Waals surface area contributed by atoms with Gasteiger partial charge < -0.3 is 9.88 Å². The monoisotopic (exact) mass is 345 g/mol. The number of benzene rings is 1. The Morgan fingerprint density at radius 3 is 2.71 bits per heavy atom. The van der Waals surface area contributed by atoms with Gasteiger partial charge in [-0.05, 0) is 49.4 Å². The lowest BCUT2D eigenvalue weighted by Crippen LogP contribution is -2.13. The van der Waals surface area contributed by atoms with Crippen molar-refractivity contribution in [1.29, 1.82) is 0 Å². The number of rotatable bonds is 3. The van der Waals surface area contributed by atoms with Gasteiger partial charge in [0.25, 0.3) is 0 Å². The molecule has 2 aromatic heterocycles. The molecule has 0 amide bonds. The zero-order valence-corrected chi connectivity index (χ0v) is 13.6. The topological polar surface area (TPSA) is 64.0 Å². The van der Waals surface area contributed by atoms with Crippen LogP contribution >= 0.6 is 0 Å². The van der Waals surface area contributed by atoms with Crippen LogP contribution in [0.5, 0.6) is 0 Å². The van der Waals surface area contributed by atoms with Gasteiger partial charge in [0.15, 0.2) is 0 Å². The molecule has 7 heteroatoms. The molecule has 0 bridgehead atoms. The quantitative estimate of drug-likeness (QED) is 0.741. The highest BCUT2D eigenvalue weighted by Crippen LogP contribution is 2.32. The van der Waals surface area contributed by atoms with Crippen molar-refractivity contribution in [3.63, 3.8) is 0 Å². The Kier molecular flexibility index (Phi) is 3.62. The van der Waals surface area contributed by atoms with E-state index in [1.54, 1.807) is 24.5 Å². The zero-order valence-electron chi connectivity index (χ0n) is 12.8. The number of nitrogens with one attached hydrogen (secondary N) is 1. The molecule has 1 N–H and O–H groups in total. The van der Waals surface area contributed by atoms with E-state index in [4.69, 9.17) is 0 Å². The van der Waals surface area contributed by atoms with Crippen LogP contribution in [0.15, 0.2) is 58.6 Å². The second-order valence-corrected chi connectivity index (χ2v) is 7.80. The molecule has 0 spiro atoms. The van der Waals surface area contributed by atoms with Gasteiger partial charge in [-0.15, -0.1) is 0 Å². The Bertz CT molecular complexity index is 990. The van der Waals surface area contributed by atoms with E-state index in [1.165, 1.54) is 12.1 Å². The molecular weight excluding hydrogens is 329 g/mol. The van der Waals surface area contributed by atoms with E-state index in [9.17, 15) is 12.8 Å². The molecule has 5 nitrogen and oxygen atoms in total. The third-order valence-electron chi connectivity index (χ3n) is 4.39. The molecule has 0 saturated carbocycles. The molecule has 1 aliphatic heterocycles. The van der Waals surface area contributed by atoms with Gasteiger partial charge in [0.05, 0.1) is 9.79 Å². The lowest BCUT2D eigenvalue weighted by Gasteiger charge is -2.11. The van der Waals surface area contributed by atoms with Crippen LogP contribution in [-0.4, -0.2) is 31.1 Å². The summed E-state index contributed by atoms with van der Waals surface area (Å²) in [6.07, 6.45) is 4.25. The van der Waals surface area contributed by atoms with Crippen LogP contribution in [0.2, 0.25) is 0 Å². The Morgan fingerprint density at radius 1 is 1.21 bits per heavy atom. The fourth-order valence-corrected chi connectivity index (χ4v) is 4.61. The summed E-state index contributed by atoms with van der Waals surface area (Å²) in [5.41, 5.74) is 0.659. The zero-order chi connectivity index (χ0) is 16.7. The minimum atomic E-state index is -3.74. The maximum absolute atomic E-state index is 13.1. The molecule has 1 unspecified atom stereocenters. The highest BCUT2D eigenvalue weighted by atomic mass is 32.2. The Morgan fingerprint density at radius 2 is 2.00 bits per heavy atom. The maximum Gasteiger partial charge on any atom is 0.208 e. The molecular formula is C17H16FN3O2S. The predicted molar refractivity (Wildman–Crippen MR) is 88.1 cm³/mol.